The van der Waals surface area contributed by atoms with Crippen LogP contribution in [0.2, 0.25) is 0 Å². The van der Waals surface area contributed by atoms with Crippen molar-refractivity contribution in [3.63, 3.8) is 0 Å². The fourth-order valence-electron chi connectivity index (χ4n) is 3.32. The molecule has 28 heavy (non-hydrogen) atoms. The van der Waals surface area contributed by atoms with Crippen LogP contribution >= 0.6 is 15.9 Å². The zero-order valence-electron chi connectivity index (χ0n) is 15.2. The molecular weight excluding hydrogens is 424 g/mol. The molecule has 1 aromatic heterocycles. The molecule has 1 unspecified atom stereocenters. The van der Waals surface area contributed by atoms with E-state index in [1.807, 2.05) is 43.3 Å². The van der Waals surface area contributed by atoms with Crippen LogP contribution < -0.4 is 14.8 Å². The first-order valence-electron chi connectivity index (χ1n) is 9.03. The fraction of sp³-hybridized carbons (Fsp3) is 0.238. The van der Waals surface area contributed by atoms with Gasteiger partial charge < -0.3 is 19.9 Å². The van der Waals surface area contributed by atoms with Crippen molar-refractivity contribution in [2.75, 3.05) is 6.79 Å². The lowest BCUT2D eigenvalue weighted by Gasteiger charge is -2.22. The van der Waals surface area contributed by atoms with Crippen molar-refractivity contribution in [1.29, 1.82) is 0 Å². The van der Waals surface area contributed by atoms with Crippen molar-refractivity contribution in [2.45, 2.75) is 25.8 Å². The standard InChI is InChI=1S/C21H19BrN2O4/c1-2-4-18(25)24-19(12-6-7-16-17(9-12)28-11-27-16)14-10-15(22)13-5-3-8-23-20(13)21(14)26/h3,5-10,19,26H,2,4,11H2,1H3,(H,24,25). The number of hydrogen-bond acceptors (Lipinski definition) is 5. The number of carbonyl (C=O) groups excluding carboxylic acids is 1. The summed E-state index contributed by atoms with van der Waals surface area (Å²) in [6.45, 7) is 2.12. The van der Waals surface area contributed by atoms with E-state index < -0.39 is 6.04 Å². The molecule has 1 aliphatic rings. The molecule has 0 saturated carbocycles. The van der Waals surface area contributed by atoms with Gasteiger partial charge in [-0.3, -0.25) is 9.78 Å². The van der Waals surface area contributed by atoms with E-state index in [0.29, 0.717) is 29.0 Å². The molecular formula is C21H19BrN2O4. The van der Waals surface area contributed by atoms with Crippen molar-refractivity contribution in [3.05, 3.63) is 58.2 Å². The number of aromatic hydroxyl groups is 1. The zero-order chi connectivity index (χ0) is 19.7. The number of nitrogens with zero attached hydrogens (tertiary/aromatic N) is 1. The Kier molecular flexibility index (Phi) is 5.09. The van der Waals surface area contributed by atoms with Crippen LogP contribution in [-0.2, 0) is 4.79 Å². The molecule has 0 spiro atoms. The Morgan fingerprint density at radius 2 is 2.11 bits per heavy atom. The molecule has 0 radical (unpaired) electrons. The van der Waals surface area contributed by atoms with Gasteiger partial charge in [0.15, 0.2) is 11.5 Å². The molecule has 7 heteroatoms. The summed E-state index contributed by atoms with van der Waals surface area (Å²) in [7, 11) is 0. The highest BCUT2D eigenvalue weighted by molar-refractivity contribution is 9.10. The number of phenolic OH excluding ortho intramolecular Hbond substituents is 1. The Bertz CT molecular complexity index is 1050. The number of phenols is 1. The van der Waals surface area contributed by atoms with E-state index in [0.717, 1.165) is 21.8 Å². The molecule has 1 amide bonds. The molecule has 1 atom stereocenters. The summed E-state index contributed by atoms with van der Waals surface area (Å²) in [5.74, 6) is 1.22. The Morgan fingerprint density at radius 1 is 1.29 bits per heavy atom. The van der Waals surface area contributed by atoms with Gasteiger partial charge in [0, 0.05) is 28.0 Å². The Hall–Kier alpha value is -2.80. The number of benzene rings is 2. The average Bonchev–Trinajstić information content (AvgIpc) is 3.17. The first-order valence-corrected chi connectivity index (χ1v) is 9.82. The van der Waals surface area contributed by atoms with Crippen LogP contribution in [0.5, 0.6) is 17.2 Å². The lowest BCUT2D eigenvalue weighted by atomic mass is 9.95. The quantitative estimate of drug-likeness (QED) is 0.610. The Labute approximate surface area is 170 Å². The second-order valence-electron chi connectivity index (χ2n) is 6.56. The maximum absolute atomic E-state index is 12.4. The minimum Gasteiger partial charge on any atom is -0.505 e. The number of rotatable bonds is 5. The molecule has 0 saturated heterocycles. The molecule has 2 aromatic carbocycles. The fourth-order valence-corrected chi connectivity index (χ4v) is 3.89. The van der Waals surface area contributed by atoms with E-state index in [-0.39, 0.29) is 18.4 Å². The van der Waals surface area contributed by atoms with Gasteiger partial charge in [0.2, 0.25) is 12.7 Å². The van der Waals surface area contributed by atoms with E-state index in [4.69, 9.17) is 9.47 Å². The van der Waals surface area contributed by atoms with E-state index >= 15 is 0 Å². The SMILES string of the molecule is CCCC(=O)NC(c1ccc2c(c1)OCO2)c1cc(Br)c2cccnc2c1O. The van der Waals surface area contributed by atoms with Gasteiger partial charge in [-0.15, -0.1) is 0 Å². The van der Waals surface area contributed by atoms with Gasteiger partial charge >= 0.3 is 0 Å². The van der Waals surface area contributed by atoms with E-state index in [2.05, 4.69) is 26.2 Å². The first-order chi connectivity index (χ1) is 13.6. The highest BCUT2D eigenvalue weighted by atomic mass is 79.9. The van der Waals surface area contributed by atoms with Gasteiger partial charge in [-0.25, -0.2) is 0 Å². The summed E-state index contributed by atoms with van der Waals surface area (Å²) in [6, 6.07) is 10.4. The molecule has 2 N–H and O–H groups in total. The predicted molar refractivity (Wildman–Crippen MR) is 109 cm³/mol. The molecule has 2 heterocycles. The number of ether oxygens (including phenoxy) is 2. The van der Waals surface area contributed by atoms with Crippen LogP contribution in [0.15, 0.2) is 47.1 Å². The second kappa shape index (κ2) is 7.67. The highest BCUT2D eigenvalue weighted by Crippen LogP contribution is 2.41. The average molecular weight is 443 g/mol. The summed E-state index contributed by atoms with van der Waals surface area (Å²) in [5, 5.41) is 14.8. The molecule has 0 bridgehead atoms. The first kappa shape index (κ1) is 18.6. The third-order valence-corrected chi connectivity index (χ3v) is 5.32. The number of halogens is 1. The van der Waals surface area contributed by atoms with Crippen LogP contribution in [0.3, 0.4) is 0 Å². The molecule has 1 aliphatic heterocycles. The number of pyridine rings is 1. The maximum atomic E-state index is 12.4. The topological polar surface area (TPSA) is 80.7 Å². The zero-order valence-corrected chi connectivity index (χ0v) is 16.8. The molecule has 6 nitrogen and oxygen atoms in total. The van der Waals surface area contributed by atoms with Crippen LogP contribution in [0.4, 0.5) is 0 Å². The van der Waals surface area contributed by atoms with Gasteiger partial charge in [0.05, 0.1) is 6.04 Å². The van der Waals surface area contributed by atoms with Gasteiger partial charge in [-0.2, -0.15) is 0 Å². The molecule has 144 valence electrons. The predicted octanol–water partition coefficient (Wildman–Crippen LogP) is 4.44. The monoisotopic (exact) mass is 442 g/mol. The molecule has 0 aliphatic carbocycles. The smallest absolute Gasteiger partial charge is 0.231 e. The number of carbonyl (C=O) groups is 1. The van der Waals surface area contributed by atoms with Gasteiger partial charge in [-0.1, -0.05) is 35.0 Å². The summed E-state index contributed by atoms with van der Waals surface area (Å²) in [5.41, 5.74) is 1.81. The number of fused-ring (bicyclic) bond motifs is 2. The summed E-state index contributed by atoms with van der Waals surface area (Å²) < 4.78 is 11.7. The minimum atomic E-state index is -0.559. The van der Waals surface area contributed by atoms with Gasteiger partial charge in [-0.05, 0) is 36.2 Å². The number of amides is 1. The normalized spacial score (nSPS) is 13.5. The third kappa shape index (κ3) is 3.38. The van der Waals surface area contributed by atoms with Crippen LogP contribution in [0, 0.1) is 0 Å². The van der Waals surface area contributed by atoms with E-state index in [1.54, 1.807) is 6.20 Å². The number of hydrogen-bond donors (Lipinski definition) is 2. The van der Waals surface area contributed by atoms with Crippen LogP contribution in [0.1, 0.15) is 36.9 Å². The number of aromatic nitrogens is 1. The van der Waals surface area contributed by atoms with Gasteiger partial charge in [0.1, 0.15) is 11.3 Å². The minimum absolute atomic E-state index is 0.0401. The summed E-state index contributed by atoms with van der Waals surface area (Å²) >= 11 is 3.56. The molecule has 3 aromatic rings. The Balaban J connectivity index is 1.85. The van der Waals surface area contributed by atoms with Crippen molar-refractivity contribution >= 4 is 32.7 Å². The number of nitrogens with one attached hydrogen (secondary N) is 1. The lowest BCUT2D eigenvalue weighted by molar-refractivity contribution is -0.121. The third-order valence-electron chi connectivity index (χ3n) is 4.67. The Morgan fingerprint density at radius 3 is 2.93 bits per heavy atom. The van der Waals surface area contributed by atoms with Crippen molar-refractivity contribution in [2.24, 2.45) is 0 Å². The van der Waals surface area contributed by atoms with Crippen molar-refractivity contribution < 1.29 is 19.4 Å². The van der Waals surface area contributed by atoms with Crippen LogP contribution in [0.25, 0.3) is 10.9 Å². The van der Waals surface area contributed by atoms with E-state index in [1.165, 1.54) is 0 Å². The van der Waals surface area contributed by atoms with Crippen LogP contribution in [-0.4, -0.2) is 22.8 Å². The van der Waals surface area contributed by atoms with E-state index in [9.17, 15) is 9.90 Å². The molecule has 4 rings (SSSR count). The summed E-state index contributed by atoms with van der Waals surface area (Å²) in [4.78, 5) is 16.7. The highest BCUT2D eigenvalue weighted by Gasteiger charge is 2.25. The lowest BCUT2D eigenvalue weighted by Crippen LogP contribution is -2.29. The second-order valence-corrected chi connectivity index (χ2v) is 7.41. The molecule has 0 fully saturated rings. The van der Waals surface area contributed by atoms with Crippen molar-refractivity contribution in [1.82, 2.24) is 10.3 Å². The van der Waals surface area contributed by atoms with Gasteiger partial charge in [0.25, 0.3) is 0 Å². The van der Waals surface area contributed by atoms with Crippen molar-refractivity contribution in [3.8, 4) is 17.2 Å². The largest absolute Gasteiger partial charge is 0.505 e. The maximum Gasteiger partial charge on any atom is 0.231 e. The summed E-state index contributed by atoms with van der Waals surface area (Å²) in [6.07, 6.45) is 2.76.